The van der Waals surface area contributed by atoms with E-state index in [0.717, 1.165) is 25.8 Å². The molecule has 1 amide bonds. The van der Waals surface area contributed by atoms with Crippen molar-refractivity contribution in [2.75, 3.05) is 13.1 Å². The molecule has 0 aromatic rings. The number of likely N-dealkylation sites (tertiary alicyclic amines) is 1. The van der Waals surface area contributed by atoms with E-state index in [1.54, 1.807) is 13.8 Å². The highest BCUT2D eigenvalue weighted by Gasteiger charge is 2.39. The summed E-state index contributed by atoms with van der Waals surface area (Å²) in [6.07, 6.45) is 3.29. The second-order valence-corrected chi connectivity index (χ2v) is 6.64. The number of carboxylic acid groups (broad SMARTS) is 1. The van der Waals surface area contributed by atoms with Gasteiger partial charge in [0.05, 0.1) is 5.41 Å². The first kappa shape index (κ1) is 16.0. The molecule has 1 N–H and O–H groups in total. The number of carboxylic acids is 1. The van der Waals surface area contributed by atoms with Crippen LogP contribution in [-0.4, -0.2) is 35.0 Å². The van der Waals surface area contributed by atoms with Gasteiger partial charge in [0.25, 0.3) is 0 Å². The van der Waals surface area contributed by atoms with Crippen molar-refractivity contribution in [2.45, 2.75) is 53.4 Å². The van der Waals surface area contributed by atoms with Gasteiger partial charge < -0.3 is 10.0 Å². The predicted molar refractivity (Wildman–Crippen MR) is 74.8 cm³/mol. The van der Waals surface area contributed by atoms with Gasteiger partial charge >= 0.3 is 5.97 Å². The average Bonchev–Trinajstić information content (AvgIpc) is 2.35. The molecule has 1 fully saturated rings. The van der Waals surface area contributed by atoms with Crippen molar-refractivity contribution >= 4 is 11.9 Å². The number of hydrogen-bond acceptors (Lipinski definition) is 2. The number of carbonyl (C=O) groups is 2. The molecular formula is C15H27NO3. The summed E-state index contributed by atoms with van der Waals surface area (Å²) in [6, 6.07) is 0. The lowest BCUT2D eigenvalue weighted by Crippen LogP contribution is -2.46. The Kier molecular flexibility index (Phi) is 5.39. The van der Waals surface area contributed by atoms with Crippen LogP contribution in [0.4, 0.5) is 0 Å². The molecule has 1 unspecified atom stereocenters. The molecule has 0 spiro atoms. The maximum absolute atomic E-state index is 12.1. The molecule has 0 aromatic heterocycles. The van der Waals surface area contributed by atoms with E-state index in [0.29, 0.717) is 18.9 Å². The molecule has 1 saturated heterocycles. The fraction of sp³-hybridized carbons (Fsp3) is 0.867. The fourth-order valence-electron chi connectivity index (χ4n) is 2.54. The van der Waals surface area contributed by atoms with E-state index in [4.69, 9.17) is 0 Å². The molecule has 0 saturated carbocycles. The van der Waals surface area contributed by atoms with Crippen molar-refractivity contribution in [1.29, 1.82) is 0 Å². The van der Waals surface area contributed by atoms with Crippen molar-refractivity contribution in [1.82, 2.24) is 4.90 Å². The highest BCUT2D eigenvalue weighted by Crippen LogP contribution is 2.34. The number of nitrogens with zero attached hydrogens (tertiary/aromatic N) is 1. The van der Waals surface area contributed by atoms with Gasteiger partial charge in [-0.05, 0) is 44.9 Å². The second kappa shape index (κ2) is 6.40. The molecular weight excluding hydrogens is 242 g/mol. The summed E-state index contributed by atoms with van der Waals surface area (Å²) in [6.45, 7) is 9.13. The van der Waals surface area contributed by atoms with Crippen molar-refractivity contribution < 1.29 is 14.7 Å². The Morgan fingerprint density at radius 3 is 2.53 bits per heavy atom. The highest BCUT2D eigenvalue weighted by atomic mass is 16.4. The molecule has 1 aliphatic rings. The Morgan fingerprint density at radius 2 is 2.00 bits per heavy atom. The van der Waals surface area contributed by atoms with Crippen LogP contribution >= 0.6 is 0 Å². The molecule has 110 valence electrons. The largest absolute Gasteiger partial charge is 0.481 e. The zero-order valence-electron chi connectivity index (χ0n) is 12.6. The Morgan fingerprint density at radius 1 is 1.37 bits per heavy atom. The van der Waals surface area contributed by atoms with Crippen LogP contribution in [0.2, 0.25) is 0 Å². The van der Waals surface area contributed by atoms with E-state index >= 15 is 0 Å². The summed E-state index contributed by atoms with van der Waals surface area (Å²) in [5.74, 6) is -0.00434. The Bertz CT molecular complexity index is 336. The number of hydrogen-bond donors (Lipinski definition) is 1. The smallest absolute Gasteiger partial charge is 0.309 e. The average molecular weight is 269 g/mol. The van der Waals surface area contributed by atoms with Gasteiger partial charge in [-0.15, -0.1) is 0 Å². The Labute approximate surface area is 116 Å². The SMILES string of the molecule is CC(C)CCC(=O)N1CCCC(C(C)(C)C(=O)O)C1. The van der Waals surface area contributed by atoms with Crippen LogP contribution in [0, 0.1) is 17.3 Å². The molecule has 1 rings (SSSR count). The summed E-state index contributed by atoms with van der Waals surface area (Å²) in [5, 5.41) is 9.29. The van der Waals surface area contributed by atoms with Crippen molar-refractivity contribution in [2.24, 2.45) is 17.3 Å². The van der Waals surface area contributed by atoms with Gasteiger partial charge in [-0.3, -0.25) is 9.59 Å². The molecule has 19 heavy (non-hydrogen) atoms. The summed E-state index contributed by atoms with van der Waals surface area (Å²) in [4.78, 5) is 25.3. The lowest BCUT2D eigenvalue weighted by atomic mass is 9.74. The van der Waals surface area contributed by atoms with Gasteiger partial charge in [-0.1, -0.05) is 13.8 Å². The van der Waals surface area contributed by atoms with Crippen LogP contribution in [-0.2, 0) is 9.59 Å². The molecule has 1 heterocycles. The van der Waals surface area contributed by atoms with Gasteiger partial charge in [0.1, 0.15) is 0 Å². The van der Waals surface area contributed by atoms with E-state index in [9.17, 15) is 14.7 Å². The van der Waals surface area contributed by atoms with Crippen LogP contribution in [0.5, 0.6) is 0 Å². The zero-order valence-corrected chi connectivity index (χ0v) is 12.6. The van der Waals surface area contributed by atoms with Gasteiger partial charge in [-0.2, -0.15) is 0 Å². The second-order valence-electron chi connectivity index (χ2n) is 6.64. The lowest BCUT2D eigenvalue weighted by Gasteiger charge is -2.39. The van der Waals surface area contributed by atoms with E-state index in [1.165, 1.54) is 0 Å². The van der Waals surface area contributed by atoms with Gasteiger partial charge in [-0.25, -0.2) is 0 Å². The molecule has 0 bridgehead atoms. The number of piperidine rings is 1. The quantitative estimate of drug-likeness (QED) is 0.835. The van der Waals surface area contributed by atoms with Crippen LogP contribution in [0.3, 0.4) is 0 Å². The molecule has 1 atom stereocenters. The maximum Gasteiger partial charge on any atom is 0.309 e. The minimum atomic E-state index is -0.769. The number of amides is 1. The summed E-state index contributed by atoms with van der Waals surface area (Å²) in [7, 11) is 0. The van der Waals surface area contributed by atoms with Gasteiger partial charge in [0.2, 0.25) is 5.91 Å². The van der Waals surface area contributed by atoms with Crippen LogP contribution in [0.15, 0.2) is 0 Å². The monoisotopic (exact) mass is 269 g/mol. The standard InChI is InChI=1S/C15H27NO3/c1-11(2)7-8-13(17)16-9-5-6-12(10-16)15(3,4)14(18)19/h11-12H,5-10H2,1-4H3,(H,18,19). The van der Waals surface area contributed by atoms with E-state index in [-0.39, 0.29) is 11.8 Å². The summed E-state index contributed by atoms with van der Waals surface area (Å²) >= 11 is 0. The molecule has 0 aromatic carbocycles. The van der Waals surface area contributed by atoms with Crippen LogP contribution in [0.1, 0.15) is 53.4 Å². The maximum atomic E-state index is 12.1. The number of carbonyl (C=O) groups excluding carboxylic acids is 1. The fourth-order valence-corrected chi connectivity index (χ4v) is 2.54. The van der Waals surface area contributed by atoms with Gasteiger partial charge in [0, 0.05) is 19.5 Å². The summed E-state index contributed by atoms with van der Waals surface area (Å²) in [5.41, 5.74) is -0.753. The molecule has 4 heteroatoms. The van der Waals surface area contributed by atoms with E-state index in [2.05, 4.69) is 13.8 Å². The normalized spacial score (nSPS) is 20.7. The Hall–Kier alpha value is -1.06. The number of aliphatic carboxylic acids is 1. The molecule has 0 aliphatic carbocycles. The van der Waals surface area contributed by atoms with Gasteiger partial charge in [0.15, 0.2) is 0 Å². The third-order valence-corrected chi connectivity index (χ3v) is 4.28. The minimum absolute atomic E-state index is 0.0572. The molecule has 0 radical (unpaired) electrons. The lowest BCUT2D eigenvalue weighted by molar-refractivity contribution is -0.153. The van der Waals surface area contributed by atoms with Crippen molar-refractivity contribution in [3.63, 3.8) is 0 Å². The molecule has 1 aliphatic heterocycles. The van der Waals surface area contributed by atoms with Crippen molar-refractivity contribution in [3.05, 3.63) is 0 Å². The first-order valence-corrected chi connectivity index (χ1v) is 7.26. The summed E-state index contributed by atoms with van der Waals surface area (Å²) < 4.78 is 0. The minimum Gasteiger partial charge on any atom is -0.481 e. The zero-order chi connectivity index (χ0) is 14.6. The van der Waals surface area contributed by atoms with Crippen molar-refractivity contribution in [3.8, 4) is 0 Å². The Balaban J connectivity index is 2.59. The predicted octanol–water partition coefficient (Wildman–Crippen LogP) is 2.77. The first-order chi connectivity index (χ1) is 8.75. The van der Waals surface area contributed by atoms with E-state index in [1.807, 2.05) is 4.90 Å². The van der Waals surface area contributed by atoms with E-state index < -0.39 is 11.4 Å². The highest BCUT2D eigenvalue weighted by molar-refractivity contribution is 5.77. The van der Waals surface area contributed by atoms with Crippen LogP contribution < -0.4 is 0 Å². The number of rotatable bonds is 5. The third-order valence-electron chi connectivity index (χ3n) is 4.28. The topological polar surface area (TPSA) is 57.6 Å². The molecule has 4 nitrogen and oxygen atoms in total. The first-order valence-electron chi connectivity index (χ1n) is 7.26. The third kappa shape index (κ3) is 4.22. The van der Waals surface area contributed by atoms with Crippen LogP contribution in [0.25, 0.3) is 0 Å².